The number of anilines is 1. The zero-order chi connectivity index (χ0) is 22.3. The number of rotatable bonds is 5. The zero-order valence-electron chi connectivity index (χ0n) is 17.2. The maximum absolute atomic E-state index is 12.9. The van der Waals surface area contributed by atoms with E-state index in [-0.39, 0.29) is 11.7 Å². The number of hydrogen-bond donors (Lipinski definition) is 1. The topological polar surface area (TPSA) is 81.9 Å². The first-order valence-corrected chi connectivity index (χ1v) is 10.2. The van der Waals surface area contributed by atoms with E-state index in [0.29, 0.717) is 22.1 Å². The first kappa shape index (κ1) is 20.9. The number of benzene rings is 1. The van der Waals surface area contributed by atoms with Crippen molar-refractivity contribution in [1.29, 1.82) is 0 Å². The van der Waals surface area contributed by atoms with Crippen molar-refractivity contribution in [2.24, 2.45) is 7.05 Å². The fourth-order valence-electron chi connectivity index (χ4n) is 3.34. The van der Waals surface area contributed by atoms with Crippen molar-refractivity contribution in [3.8, 4) is 17.0 Å². The van der Waals surface area contributed by atoms with Gasteiger partial charge in [0.05, 0.1) is 22.6 Å². The van der Waals surface area contributed by atoms with Crippen LogP contribution in [-0.2, 0) is 7.05 Å². The smallest absolute Gasteiger partial charge is 0.387 e. The molecule has 0 bridgehead atoms. The molecule has 0 aliphatic rings. The number of hydrogen-bond acceptors (Lipinski definition) is 6. The lowest BCUT2D eigenvalue weighted by Gasteiger charge is -2.06. The van der Waals surface area contributed by atoms with E-state index in [4.69, 9.17) is 0 Å². The van der Waals surface area contributed by atoms with Crippen LogP contribution in [0.25, 0.3) is 22.3 Å². The van der Waals surface area contributed by atoms with Crippen molar-refractivity contribution in [2.75, 3.05) is 5.32 Å². The minimum absolute atomic E-state index is 0.0734. The number of halogens is 2. The molecule has 1 amide bonds. The number of alkyl halides is 2. The third kappa shape index (κ3) is 4.11. The van der Waals surface area contributed by atoms with E-state index in [0.717, 1.165) is 27.2 Å². The highest BCUT2D eigenvalue weighted by Gasteiger charge is 2.18. The fraction of sp³-hybridized carbons (Fsp3) is 0.238. The summed E-state index contributed by atoms with van der Waals surface area (Å²) in [6.07, 6.45) is 0. The second kappa shape index (κ2) is 8.03. The van der Waals surface area contributed by atoms with Crippen molar-refractivity contribution in [1.82, 2.24) is 19.7 Å². The van der Waals surface area contributed by atoms with Crippen molar-refractivity contribution >= 4 is 33.4 Å². The molecule has 0 fully saturated rings. The monoisotopic (exact) mass is 443 g/mol. The van der Waals surface area contributed by atoms with Gasteiger partial charge in [-0.05, 0) is 51.1 Å². The number of pyridine rings is 1. The van der Waals surface area contributed by atoms with Gasteiger partial charge in [-0.3, -0.25) is 14.8 Å². The molecule has 10 heteroatoms. The van der Waals surface area contributed by atoms with Crippen molar-refractivity contribution in [3.05, 3.63) is 52.2 Å². The number of amides is 1. The molecule has 0 saturated carbocycles. The summed E-state index contributed by atoms with van der Waals surface area (Å²) in [5.74, 6) is -0.236. The van der Waals surface area contributed by atoms with Gasteiger partial charge in [-0.1, -0.05) is 0 Å². The lowest BCUT2D eigenvalue weighted by Crippen LogP contribution is -2.14. The number of thiazole rings is 1. The maximum Gasteiger partial charge on any atom is 0.387 e. The number of aromatic nitrogens is 4. The molecule has 7 nitrogen and oxygen atoms in total. The molecule has 0 atom stereocenters. The normalized spacial score (nSPS) is 11.3. The zero-order valence-corrected chi connectivity index (χ0v) is 18.1. The van der Waals surface area contributed by atoms with Crippen LogP contribution in [0.2, 0.25) is 0 Å². The highest BCUT2D eigenvalue weighted by atomic mass is 32.1. The number of ether oxygens (including phenoxy) is 1. The second-order valence-electron chi connectivity index (χ2n) is 6.98. The Morgan fingerprint density at radius 2 is 1.84 bits per heavy atom. The number of fused-ring (bicyclic) bond motifs is 1. The molecule has 4 rings (SSSR count). The summed E-state index contributed by atoms with van der Waals surface area (Å²) in [4.78, 5) is 22.8. The molecule has 1 aromatic carbocycles. The Morgan fingerprint density at radius 1 is 1.13 bits per heavy atom. The first-order valence-electron chi connectivity index (χ1n) is 9.38. The van der Waals surface area contributed by atoms with Crippen LogP contribution in [0.5, 0.6) is 5.75 Å². The van der Waals surface area contributed by atoms with Crippen molar-refractivity contribution < 1.29 is 18.3 Å². The molecule has 3 aromatic heterocycles. The van der Waals surface area contributed by atoms with E-state index in [2.05, 4.69) is 25.1 Å². The van der Waals surface area contributed by atoms with Gasteiger partial charge >= 0.3 is 6.61 Å². The second-order valence-corrected chi connectivity index (χ2v) is 8.19. The number of nitrogens with one attached hydrogen (secondary N) is 1. The van der Waals surface area contributed by atoms with Crippen LogP contribution in [-0.4, -0.2) is 32.3 Å². The molecule has 160 valence electrons. The number of nitrogens with zero attached hydrogens (tertiary/aromatic N) is 4. The maximum atomic E-state index is 12.9. The standard InChI is InChI=1S/C21H19F2N5O2S/c1-10-16(9-15-11(2)27-28(4)18(15)24-10)19(29)26-21-25-17(12(3)31-21)13-5-7-14(8-6-13)30-20(22)23/h5-9,20H,1-4H3,(H,25,26,29). The fourth-order valence-corrected chi connectivity index (χ4v) is 4.17. The van der Waals surface area contributed by atoms with Gasteiger partial charge in [0.1, 0.15) is 5.75 Å². The van der Waals surface area contributed by atoms with Gasteiger partial charge in [-0.25, -0.2) is 9.97 Å². The molecule has 31 heavy (non-hydrogen) atoms. The Hall–Kier alpha value is -3.40. The highest BCUT2D eigenvalue weighted by molar-refractivity contribution is 7.16. The molecule has 0 unspecified atom stereocenters. The summed E-state index contributed by atoms with van der Waals surface area (Å²) in [6.45, 7) is 2.65. The Bertz CT molecular complexity index is 1280. The lowest BCUT2D eigenvalue weighted by molar-refractivity contribution is -0.0498. The molecular weight excluding hydrogens is 424 g/mol. The average molecular weight is 443 g/mol. The Morgan fingerprint density at radius 3 is 2.52 bits per heavy atom. The minimum Gasteiger partial charge on any atom is -0.435 e. The van der Waals surface area contributed by atoms with Crippen LogP contribution in [0.1, 0.15) is 26.6 Å². The van der Waals surface area contributed by atoms with Crippen LogP contribution in [0.15, 0.2) is 30.3 Å². The highest BCUT2D eigenvalue weighted by Crippen LogP contribution is 2.32. The van der Waals surface area contributed by atoms with Gasteiger partial charge in [0.25, 0.3) is 5.91 Å². The van der Waals surface area contributed by atoms with E-state index in [1.54, 1.807) is 29.8 Å². The van der Waals surface area contributed by atoms with E-state index in [9.17, 15) is 13.6 Å². The van der Waals surface area contributed by atoms with Crippen LogP contribution in [0, 0.1) is 20.8 Å². The van der Waals surface area contributed by atoms with Crippen molar-refractivity contribution in [2.45, 2.75) is 27.4 Å². The number of carbonyl (C=O) groups excluding carboxylic acids is 1. The van der Waals surface area contributed by atoms with Gasteiger partial charge in [0, 0.05) is 22.9 Å². The average Bonchev–Trinajstić information content (AvgIpc) is 3.20. The molecular formula is C21H19F2N5O2S. The van der Waals surface area contributed by atoms with Gasteiger partial charge in [-0.2, -0.15) is 13.9 Å². The van der Waals surface area contributed by atoms with Crippen LogP contribution >= 0.6 is 11.3 Å². The van der Waals surface area contributed by atoms with E-state index in [1.165, 1.54) is 23.5 Å². The summed E-state index contributed by atoms with van der Waals surface area (Å²) in [7, 11) is 1.81. The first-order chi connectivity index (χ1) is 14.7. The number of aryl methyl sites for hydroxylation is 4. The third-order valence-electron chi connectivity index (χ3n) is 4.80. The molecule has 0 aliphatic carbocycles. The third-order valence-corrected chi connectivity index (χ3v) is 5.69. The predicted octanol–water partition coefficient (Wildman–Crippen LogP) is 4.87. The van der Waals surface area contributed by atoms with Gasteiger partial charge in [0.15, 0.2) is 10.8 Å². The summed E-state index contributed by atoms with van der Waals surface area (Å²) < 4.78 is 30.7. The molecule has 4 aromatic rings. The molecule has 1 N–H and O–H groups in total. The minimum atomic E-state index is -2.87. The summed E-state index contributed by atoms with van der Waals surface area (Å²) in [5.41, 5.74) is 3.96. The largest absolute Gasteiger partial charge is 0.435 e. The Kier molecular flexibility index (Phi) is 5.40. The van der Waals surface area contributed by atoms with Gasteiger partial charge < -0.3 is 4.74 Å². The molecule has 0 saturated heterocycles. The SMILES string of the molecule is Cc1nc2c(cc1C(=O)Nc1nc(-c3ccc(OC(F)F)cc3)c(C)s1)c(C)nn2C. The number of carbonyl (C=O) groups is 1. The quantitative estimate of drug-likeness (QED) is 0.476. The van der Waals surface area contributed by atoms with Crippen molar-refractivity contribution in [3.63, 3.8) is 0 Å². The molecule has 0 aliphatic heterocycles. The summed E-state index contributed by atoms with van der Waals surface area (Å²) >= 11 is 1.33. The van der Waals surface area contributed by atoms with E-state index < -0.39 is 6.61 Å². The Labute approximate surface area is 180 Å². The molecule has 0 spiro atoms. The van der Waals surface area contributed by atoms with Crippen LogP contribution < -0.4 is 10.1 Å². The van der Waals surface area contributed by atoms with Gasteiger partial charge in [0.2, 0.25) is 0 Å². The Balaban J connectivity index is 1.58. The van der Waals surface area contributed by atoms with Gasteiger partial charge in [-0.15, -0.1) is 11.3 Å². The molecule has 0 radical (unpaired) electrons. The van der Waals surface area contributed by atoms with Crippen LogP contribution in [0.3, 0.4) is 0 Å². The predicted molar refractivity (Wildman–Crippen MR) is 115 cm³/mol. The molecule has 3 heterocycles. The van der Waals surface area contributed by atoms with E-state index in [1.807, 2.05) is 20.9 Å². The lowest BCUT2D eigenvalue weighted by atomic mass is 10.1. The summed E-state index contributed by atoms with van der Waals surface area (Å²) in [5, 5.41) is 8.44. The van der Waals surface area contributed by atoms with E-state index >= 15 is 0 Å². The summed E-state index contributed by atoms with van der Waals surface area (Å²) in [6, 6.07) is 8.01. The van der Waals surface area contributed by atoms with Crippen LogP contribution in [0.4, 0.5) is 13.9 Å².